The van der Waals surface area contributed by atoms with Gasteiger partial charge in [0.25, 0.3) is 0 Å². The lowest BCUT2D eigenvalue weighted by molar-refractivity contribution is 0.798. The number of nitrogens with two attached hydrogens (primary N) is 2. The third-order valence-electron chi connectivity index (χ3n) is 3.97. The molecule has 0 saturated heterocycles. The number of allylic oxidation sites excluding steroid dienone is 1. The lowest BCUT2D eigenvalue weighted by Crippen LogP contribution is -2.22. The van der Waals surface area contributed by atoms with Gasteiger partial charge in [0, 0.05) is 23.7 Å². The second-order valence-electron chi connectivity index (χ2n) is 5.76. The molecule has 6 nitrogen and oxygen atoms in total. The number of benzene rings is 1. The average molecular weight is 419 g/mol. The maximum absolute atomic E-state index is 6.25. The van der Waals surface area contributed by atoms with Gasteiger partial charge in [-0.3, -0.25) is 10.8 Å². The molecule has 0 amide bonds. The highest BCUT2D eigenvalue weighted by Crippen LogP contribution is 2.26. The minimum Gasteiger partial charge on any atom is -0.397 e. The van der Waals surface area contributed by atoms with Gasteiger partial charge >= 0.3 is 0 Å². The highest BCUT2D eigenvalue weighted by atomic mass is 35.5. The number of imidazole rings is 1. The molecular formula is C20H24Cl2N6. The van der Waals surface area contributed by atoms with Crippen LogP contribution in [-0.2, 0) is 6.54 Å². The quantitative estimate of drug-likeness (QED) is 0.420. The summed E-state index contributed by atoms with van der Waals surface area (Å²) in [7, 11) is 0. The Morgan fingerprint density at radius 3 is 2.61 bits per heavy atom. The Hall–Kier alpha value is -2.54. The zero-order valence-electron chi connectivity index (χ0n) is 16.1. The van der Waals surface area contributed by atoms with E-state index in [-0.39, 0.29) is 0 Å². The Kier molecular flexibility index (Phi) is 7.87. The number of nitrogens with zero attached hydrogens (tertiary/aromatic N) is 3. The van der Waals surface area contributed by atoms with Crippen molar-refractivity contribution in [3.8, 4) is 11.4 Å². The van der Waals surface area contributed by atoms with Crippen molar-refractivity contribution >= 4 is 28.9 Å². The normalized spacial score (nSPS) is 11.4. The predicted molar refractivity (Wildman–Crippen MR) is 116 cm³/mol. The van der Waals surface area contributed by atoms with Crippen molar-refractivity contribution in [3.63, 3.8) is 0 Å². The maximum atomic E-state index is 6.25. The molecule has 8 heteroatoms. The molecule has 0 fully saturated rings. The molecule has 5 N–H and O–H groups in total. The molecule has 0 aliphatic carbocycles. The van der Waals surface area contributed by atoms with Gasteiger partial charge in [-0.1, -0.05) is 49.2 Å². The highest BCUT2D eigenvalue weighted by molar-refractivity contribution is 6.42. The van der Waals surface area contributed by atoms with Crippen molar-refractivity contribution in [2.75, 3.05) is 0 Å². The second kappa shape index (κ2) is 10.1. The fourth-order valence-electron chi connectivity index (χ4n) is 2.48. The predicted octanol–water partition coefficient (Wildman–Crippen LogP) is 4.44. The smallest absolute Gasteiger partial charge is 0.107 e. The summed E-state index contributed by atoms with van der Waals surface area (Å²) in [5.74, 6) is 5.42. The lowest BCUT2D eigenvalue weighted by Gasteiger charge is -2.08. The lowest BCUT2D eigenvalue weighted by atomic mass is 10.1. The number of halogens is 2. The first-order chi connectivity index (χ1) is 13.5. The summed E-state index contributed by atoms with van der Waals surface area (Å²) in [5, 5.41) is 1.08. The van der Waals surface area contributed by atoms with Crippen molar-refractivity contribution in [2.24, 2.45) is 11.6 Å². The van der Waals surface area contributed by atoms with Crippen LogP contribution in [0.3, 0.4) is 0 Å². The second-order valence-corrected chi connectivity index (χ2v) is 6.54. The summed E-state index contributed by atoms with van der Waals surface area (Å²) in [6.07, 6.45) is 5.32. The van der Waals surface area contributed by atoms with E-state index in [1.165, 1.54) is 0 Å². The first kappa shape index (κ1) is 21.8. The Morgan fingerprint density at radius 1 is 1.14 bits per heavy atom. The third-order valence-corrected chi connectivity index (χ3v) is 4.83. The zero-order chi connectivity index (χ0) is 20.7. The molecule has 0 saturated carbocycles. The fraction of sp³-hybridized carbons (Fsp3) is 0.200. The standard InChI is InChI=1S/C18H18Cl2N6.C2H6/c1-11(25-22)18(21)12-5-6-23-15(7-12)16-9-26(10-24-16)8-13-3-2-4-14(19)17(13)20;1-2/h2-7,9-10,25H,8,21-22H2,1H3;1-2H3/b18-11-;. The van der Waals surface area contributed by atoms with Gasteiger partial charge in [0.2, 0.25) is 0 Å². The van der Waals surface area contributed by atoms with E-state index in [4.69, 9.17) is 34.8 Å². The van der Waals surface area contributed by atoms with Crippen LogP contribution >= 0.6 is 23.2 Å². The molecule has 1 aromatic carbocycles. The molecule has 0 unspecified atom stereocenters. The highest BCUT2D eigenvalue weighted by Gasteiger charge is 2.09. The summed E-state index contributed by atoms with van der Waals surface area (Å²) < 4.78 is 1.92. The van der Waals surface area contributed by atoms with Crippen molar-refractivity contribution in [1.82, 2.24) is 20.0 Å². The van der Waals surface area contributed by atoms with E-state index in [0.717, 1.165) is 16.8 Å². The summed E-state index contributed by atoms with van der Waals surface area (Å²) in [4.78, 5) is 8.80. The number of hydrogen-bond acceptors (Lipinski definition) is 5. The molecule has 3 aromatic rings. The Labute approximate surface area is 175 Å². The molecule has 2 heterocycles. The van der Waals surface area contributed by atoms with Crippen molar-refractivity contribution in [2.45, 2.75) is 27.3 Å². The first-order valence-electron chi connectivity index (χ1n) is 8.84. The Bertz CT molecular complexity index is 965. The van der Waals surface area contributed by atoms with E-state index < -0.39 is 0 Å². The number of rotatable bonds is 5. The summed E-state index contributed by atoms with van der Waals surface area (Å²) >= 11 is 12.3. The average Bonchev–Trinajstić information content (AvgIpc) is 3.20. The Balaban J connectivity index is 0.00000136. The summed E-state index contributed by atoms with van der Waals surface area (Å²) in [6, 6.07) is 9.26. The number of hydrogen-bond donors (Lipinski definition) is 3. The van der Waals surface area contributed by atoms with E-state index in [1.807, 2.05) is 48.9 Å². The van der Waals surface area contributed by atoms with E-state index >= 15 is 0 Å². The Morgan fingerprint density at radius 2 is 1.89 bits per heavy atom. The zero-order valence-corrected chi connectivity index (χ0v) is 17.6. The fourth-order valence-corrected chi connectivity index (χ4v) is 2.86. The van der Waals surface area contributed by atoms with Gasteiger partial charge in [-0.05, 0) is 30.7 Å². The number of pyridine rings is 1. The number of aromatic nitrogens is 3. The molecule has 0 radical (unpaired) electrons. The van der Waals surface area contributed by atoms with Crippen LogP contribution in [0.25, 0.3) is 17.1 Å². The van der Waals surface area contributed by atoms with Crippen LogP contribution < -0.4 is 17.0 Å². The molecule has 0 aliphatic heterocycles. The summed E-state index contributed by atoms with van der Waals surface area (Å²) in [5.41, 5.74) is 13.1. The molecule has 148 valence electrons. The van der Waals surface area contributed by atoms with Gasteiger partial charge in [0.15, 0.2) is 0 Å². The monoisotopic (exact) mass is 418 g/mol. The van der Waals surface area contributed by atoms with E-state index in [9.17, 15) is 0 Å². The molecule has 2 aromatic heterocycles. The van der Waals surface area contributed by atoms with Gasteiger partial charge in [-0.2, -0.15) is 0 Å². The molecule has 0 atom stereocenters. The van der Waals surface area contributed by atoms with Crippen molar-refractivity contribution in [3.05, 3.63) is 75.9 Å². The molecule has 0 aliphatic rings. The van der Waals surface area contributed by atoms with Gasteiger partial charge in [0.1, 0.15) is 5.69 Å². The van der Waals surface area contributed by atoms with Crippen LogP contribution in [0.15, 0.2) is 54.7 Å². The maximum Gasteiger partial charge on any atom is 0.107 e. The molecular weight excluding hydrogens is 395 g/mol. The molecule has 0 bridgehead atoms. The molecule has 28 heavy (non-hydrogen) atoms. The molecule has 0 spiro atoms. The van der Waals surface area contributed by atoms with E-state index in [2.05, 4.69) is 15.4 Å². The van der Waals surface area contributed by atoms with Crippen LogP contribution in [0.5, 0.6) is 0 Å². The van der Waals surface area contributed by atoms with Gasteiger partial charge in [-0.25, -0.2) is 4.98 Å². The van der Waals surface area contributed by atoms with Gasteiger partial charge in [0.05, 0.1) is 34.3 Å². The number of nitrogens with one attached hydrogen (secondary N) is 1. The first-order valence-corrected chi connectivity index (χ1v) is 9.59. The third kappa shape index (κ3) is 5.04. The van der Waals surface area contributed by atoms with Crippen LogP contribution in [0, 0.1) is 0 Å². The molecule has 3 rings (SSSR count). The van der Waals surface area contributed by atoms with E-state index in [1.54, 1.807) is 25.5 Å². The van der Waals surface area contributed by atoms with Gasteiger partial charge < -0.3 is 15.7 Å². The SMILES string of the molecule is C/C(NN)=C(/N)c1ccnc(-c2cn(Cc3cccc(Cl)c3Cl)cn2)c1.CC. The van der Waals surface area contributed by atoms with E-state index in [0.29, 0.717) is 33.7 Å². The minimum atomic E-state index is 0.532. The van der Waals surface area contributed by atoms with Crippen molar-refractivity contribution in [1.29, 1.82) is 0 Å². The van der Waals surface area contributed by atoms with Crippen LogP contribution in [0.4, 0.5) is 0 Å². The van der Waals surface area contributed by atoms with Crippen LogP contribution in [0.2, 0.25) is 10.0 Å². The minimum absolute atomic E-state index is 0.532. The van der Waals surface area contributed by atoms with Crippen LogP contribution in [0.1, 0.15) is 31.9 Å². The van der Waals surface area contributed by atoms with Crippen molar-refractivity contribution < 1.29 is 0 Å². The topological polar surface area (TPSA) is 94.8 Å². The van der Waals surface area contributed by atoms with Gasteiger partial charge in [-0.15, -0.1) is 0 Å². The van der Waals surface area contributed by atoms with Crippen LogP contribution in [-0.4, -0.2) is 14.5 Å². The largest absolute Gasteiger partial charge is 0.397 e. The number of hydrazine groups is 1. The summed E-state index contributed by atoms with van der Waals surface area (Å²) in [6.45, 7) is 6.36.